The molecule has 1 fully saturated rings. The van der Waals surface area contributed by atoms with Crippen LogP contribution in [0.25, 0.3) is 0 Å². The van der Waals surface area contributed by atoms with Crippen molar-refractivity contribution in [3.63, 3.8) is 0 Å². The van der Waals surface area contributed by atoms with Crippen molar-refractivity contribution >= 4 is 17.7 Å². The maximum Gasteiger partial charge on any atom is 0.339 e. The highest BCUT2D eigenvalue weighted by molar-refractivity contribution is 6.01. The fourth-order valence-corrected chi connectivity index (χ4v) is 1.76. The van der Waals surface area contributed by atoms with Crippen LogP contribution < -0.4 is 5.32 Å². The van der Waals surface area contributed by atoms with Crippen molar-refractivity contribution in [1.82, 2.24) is 4.90 Å². The normalized spacial score (nSPS) is 16.1. The summed E-state index contributed by atoms with van der Waals surface area (Å²) in [7, 11) is 1.31. The molecule has 0 spiro atoms. The highest BCUT2D eigenvalue weighted by Crippen LogP contribution is 2.31. The fourth-order valence-electron chi connectivity index (χ4n) is 1.76. The molecule has 0 radical (unpaired) electrons. The van der Waals surface area contributed by atoms with Gasteiger partial charge in [0.2, 0.25) is 0 Å². The topological polar surface area (TPSA) is 58.4 Å². The molecular weight excluding hydrogens is 232 g/mol. The first-order valence-electron chi connectivity index (χ1n) is 5.71. The summed E-state index contributed by atoms with van der Waals surface area (Å²) in [6, 6.07) is 6.59. The van der Waals surface area contributed by atoms with Gasteiger partial charge in [0.25, 0.3) is 0 Å². The average molecular weight is 248 g/mol. The van der Waals surface area contributed by atoms with E-state index in [1.165, 1.54) is 7.11 Å². The molecule has 1 aromatic rings. The Morgan fingerprint density at radius 3 is 2.50 bits per heavy atom. The van der Waals surface area contributed by atoms with Crippen LogP contribution in [0.15, 0.2) is 24.3 Å². The molecule has 0 bridgehead atoms. The number of para-hydroxylation sites is 1. The lowest BCUT2D eigenvalue weighted by Crippen LogP contribution is -2.24. The van der Waals surface area contributed by atoms with Gasteiger partial charge >= 0.3 is 12.0 Å². The van der Waals surface area contributed by atoms with Crippen LogP contribution in [0.5, 0.6) is 0 Å². The molecule has 5 heteroatoms. The predicted octanol–water partition coefficient (Wildman–Crippen LogP) is 2.10. The van der Waals surface area contributed by atoms with E-state index in [-0.39, 0.29) is 11.6 Å². The summed E-state index contributed by atoms with van der Waals surface area (Å²) in [5.41, 5.74) is 0.731. The van der Waals surface area contributed by atoms with Gasteiger partial charge in [-0.3, -0.25) is 0 Å². The van der Waals surface area contributed by atoms with E-state index in [1.807, 2.05) is 13.8 Å². The Kier molecular flexibility index (Phi) is 2.98. The van der Waals surface area contributed by atoms with Gasteiger partial charge in [-0.15, -0.1) is 0 Å². The fraction of sp³-hybridized carbons (Fsp3) is 0.385. The zero-order valence-corrected chi connectivity index (χ0v) is 10.7. The summed E-state index contributed by atoms with van der Waals surface area (Å²) in [5, 5.41) is 2.73. The van der Waals surface area contributed by atoms with E-state index in [4.69, 9.17) is 0 Å². The molecule has 2 rings (SSSR count). The van der Waals surface area contributed by atoms with Gasteiger partial charge < -0.3 is 15.0 Å². The number of anilines is 1. The van der Waals surface area contributed by atoms with Crippen molar-refractivity contribution in [2.75, 3.05) is 19.0 Å². The van der Waals surface area contributed by atoms with Gasteiger partial charge in [0.05, 0.1) is 23.9 Å². The molecule has 2 amide bonds. The Balaban J connectivity index is 2.15. The number of amides is 2. The zero-order chi connectivity index (χ0) is 13.3. The lowest BCUT2D eigenvalue weighted by atomic mass is 10.2. The van der Waals surface area contributed by atoms with Crippen LogP contribution in [-0.2, 0) is 4.74 Å². The molecule has 1 N–H and O–H groups in total. The lowest BCUT2D eigenvalue weighted by Gasteiger charge is -2.11. The minimum absolute atomic E-state index is 0.0930. The Bertz CT molecular complexity index is 497. The predicted molar refractivity (Wildman–Crippen MR) is 67.6 cm³/mol. The van der Waals surface area contributed by atoms with Gasteiger partial charge in [0.15, 0.2) is 0 Å². The third-order valence-electron chi connectivity index (χ3n) is 2.99. The number of esters is 1. The van der Waals surface area contributed by atoms with Crippen molar-refractivity contribution in [1.29, 1.82) is 0 Å². The highest BCUT2D eigenvalue weighted by atomic mass is 16.5. The number of nitrogens with one attached hydrogen (secondary N) is 1. The first-order chi connectivity index (χ1) is 8.45. The van der Waals surface area contributed by atoms with Gasteiger partial charge in [-0.1, -0.05) is 12.1 Å². The molecule has 96 valence electrons. The van der Waals surface area contributed by atoms with Crippen molar-refractivity contribution in [2.24, 2.45) is 0 Å². The zero-order valence-electron chi connectivity index (χ0n) is 10.7. The molecule has 18 heavy (non-hydrogen) atoms. The van der Waals surface area contributed by atoms with Gasteiger partial charge in [0, 0.05) is 6.54 Å². The van der Waals surface area contributed by atoms with E-state index in [0.29, 0.717) is 11.3 Å². The van der Waals surface area contributed by atoms with Gasteiger partial charge in [-0.2, -0.15) is 0 Å². The Labute approximate surface area is 106 Å². The number of rotatable bonds is 2. The van der Waals surface area contributed by atoms with Crippen LogP contribution in [-0.4, -0.2) is 36.1 Å². The molecule has 1 aliphatic rings. The third kappa shape index (κ3) is 2.30. The number of urea groups is 1. The maximum atomic E-state index is 11.9. The minimum atomic E-state index is -0.462. The van der Waals surface area contributed by atoms with Crippen LogP contribution in [0, 0.1) is 0 Å². The quantitative estimate of drug-likeness (QED) is 0.644. The highest BCUT2D eigenvalue weighted by Gasteiger charge is 2.46. The van der Waals surface area contributed by atoms with Gasteiger partial charge in [-0.25, -0.2) is 9.59 Å². The second-order valence-electron chi connectivity index (χ2n) is 4.87. The maximum absolute atomic E-state index is 11.9. The number of ether oxygens (including phenoxy) is 1. The molecule has 0 aliphatic carbocycles. The van der Waals surface area contributed by atoms with Crippen LogP contribution in [0.3, 0.4) is 0 Å². The van der Waals surface area contributed by atoms with Crippen molar-refractivity contribution < 1.29 is 14.3 Å². The van der Waals surface area contributed by atoms with Crippen molar-refractivity contribution in [3.8, 4) is 0 Å². The van der Waals surface area contributed by atoms with Crippen LogP contribution in [0.1, 0.15) is 24.2 Å². The second-order valence-corrected chi connectivity index (χ2v) is 4.87. The Morgan fingerprint density at radius 2 is 1.94 bits per heavy atom. The summed E-state index contributed by atoms with van der Waals surface area (Å²) in [5.74, 6) is -0.462. The van der Waals surface area contributed by atoms with Crippen molar-refractivity contribution in [3.05, 3.63) is 29.8 Å². The number of carbonyl (C=O) groups excluding carboxylic acids is 2. The Hall–Kier alpha value is -2.04. The first kappa shape index (κ1) is 12.4. The van der Waals surface area contributed by atoms with E-state index in [0.717, 1.165) is 6.54 Å². The lowest BCUT2D eigenvalue weighted by molar-refractivity contribution is 0.0602. The minimum Gasteiger partial charge on any atom is -0.465 e. The van der Waals surface area contributed by atoms with Gasteiger partial charge in [-0.05, 0) is 26.0 Å². The summed E-state index contributed by atoms with van der Waals surface area (Å²) in [6.45, 7) is 4.69. The van der Waals surface area contributed by atoms with E-state index < -0.39 is 5.97 Å². The standard InChI is InChI=1S/C13H16N2O3/c1-13(2)8-15(13)12(17)14-10-7-5-4-6-9(10)11(16)18-3/h4-7H,8H2,1-3H3,(H,14,17). The summed E-state index contributed by atoms with van der Waals surface area (Å²) in [6.07, 6.45) is 0. The molecule has 0 aromatic heterocycles. The van der Waals surface area contributed by atoms with Crippen LogP contribution in [0.2, 0.25) is 0 Å². The number of hydrogen-bond acceptors (Lipinski definition) is 3. The molecule has 1 heterocycles. The van der Waals surface area contributed by atoms with Crippen LogP contribution >= 0.6 is 0 Å². The SMILES string of the molecule is COC(=O)c1ccccc1NC(=O)N1CC1(C)C. The molecule has 0 unspecified atom stereocenters. The molecule has 0 atom stereocenters. The number of methoxy groups -OCH3 is 1. The molecule has 1 saturated heterocycles. The third-order valence-corrected chi connectivity index (χ3v) is 2.99. The average Bonchev–Trinajstić information content (AvgIpc) is 2.98. The Morgan fingerprint density at radius 1 is 1.33 bits per heavy atom. The second kappa shape index (κ2) is 4.33. The van der Waals surface area contributed by atoms with E-state index in [2.05, 4.69) is 10.1 Å². The first-order valence-corrected chi connectivity index (χ1v) is 5.71. The number of hydrogen-bond donors (Lipinski definition) is 1. The van der Waals surface area contributed by atoms with E-state index in [1.54, 1.807) is 29.2 Å². The monoisotopic (exact) mass is 248 g/mol. The molecule has 0 saturated carbocycles. The molecular formula is C13H16N2O3. The molecule has 1 aromatic carbocycles. The number of benzene rings is 1. The van der Waals surface area contributed by atoms with E-state index in [9.17, 15) is 9.59 Å². The van der Waals surface area contributed by atoms with E-state index >= 15 is 0 Å². The number of carbonyl (C=O) groups is 2. The van der Waals surface area contributed by atoms with Crippen LogP contribution in [0.4, 0.5) is 10.5 Å². The molecule has 1 aliphatic heterocycles. The van der Waals surface area contributed by atoms with Gasteiger partial charge in [0.1, 0.15) is 0 Å². The van der Waals surface area contributed by atoms with Crippen molar-refractivity contribution in [2.45, 2.75) is 19.4 Å². The summed E-state index contributed by atoms with van der Waals surface area (Å²) in [4.78, 5) is 25.2. The summed E-state index contributed by atoms with van der Waals surface area (Å²) < 4.78 is 4.67. The smallest absolute Gasteiger partial charge is 0.339 e. The summed E-state index contributed by atoms with van der Waals surface area (Å²) >= 11 is 0. The number of nitrogens with zero attached hydrogens (tertiary/aromatic N) is 1. The molecule has 5 nitrogen and oxygen atoms in total. The largest absolute Gasteiger partial charge is 0.465 e.